The van der Waals surface area contributed by atoms with E-state index in [9.17, 15) is 0 Å². The Balaban J connectivity index is 2.05. The summed E-state index contributed by atoms with van der Waals surface area (Å²) in [6, 6.07) is 12.4. The minimum Gasteiger partial charge on any atom is -0.392 e. The van der Waals surface area contributed by atoms with E-state index in [1.54, 1.807) is 11.8 Å². The van der Waals surface area contributed by atoms with Crippen molar-refractivity contribution in [2.75, 3.05) is 5.32 Å². The first kappa shape index (κ1) is 10.7. The third-order valence-electron chi connectivity index (χ3n) is 2.85. The van der Waals surface area contributed by atoms with Gasteiger partial charge in [0.15, 0.2) is 0 Å². The standard InChI is InChI=1S/C14H13NOS/c1-9-2-4-11-13(6-9)17-14-7-10(8-16)3-5-12(14)15-11/h2-7,15-16H,8H2,1H3. The predicted octanol–water partition coefficient (Wildman–Crippen LogP) is 3.70. The van der Waals surface area contributed by atoms with Gasteiger partial charge in [-0.25, -0.2) is 0 Å². The quantitative estimate of drug-likeness (QED) is 0.683. The van der Waals surface area contributed by atoms with Crippen molar-refractivity contribution in [1.29, 1.82) is 0 Å². The van der Waals surface area contributed by atoms with Crippen LogP contribution in [0.1, 0.15) is 11.1 Å². The average Bonchev–Trinajstić information content (AvgIpc) is 2.35. The van der Waals surface area contributed by atoms with Crippen LogP contribution in [0.5, 0.6) is 0 Å². The zero-order valence-electron chi connectivity index (χ0n) is 9.53. The van der Waals surface area contributed by atoms with Crippen molar-refractivity contribution in [2.45, 2.75) is 23.3 Å². The SMILES string of the molecule is Cc1ccc2c(c1)Sc1cc(CO)ccc1N2. The van der Waals surface area contributed by atoms with E-state index in [0.717, 1.165) is 16.9 Å². The molecule has 0 bridgehead atoms. The molecular formula is C14H13NOS. The molecule has 0 radical (unpaired) electrons. The molecule has 0 aliphatic carbocycles. The van der Waals surface area contributed by atoms with E-state index in [1.165, 1.54) is 15.4 Å². The fourth-order valence-electron chi connectivity index (χ4n) is 1.93. The van der Waals surface area contributed by atoms with E-state index in [-0.39, 0.29) is 6.61 Å². The molecule has 1 aliphatic rings. The second kappa shape index (κ2) is 4.09. The molecule has 0 unspecified atom stereocenters. The molecule has 3 heteroatoms. The third-order valence-corrected chi connectivity index (χ3v) is 3.97. The Hall–Kier alpha value is -1.45. The predicted molar refractivity (Wildman–Crippen MR) is 70.9 cm³/mol. The van der Waals surface area contributed by atoms with E-state index >= 15 is 0 Å². The zero-order valence-corrected chi connectivity index (χ0v) is 10.3. The molecule has 2 aromatic carbocycles. The number of hydrogen-bond donors (Lipinski definition) is 2. The van der Waals surface area contributed by atoms with Crippen LogP contribution >= 0.6 is 11.8 Å². The molecule has 3 rings (SSSR count). The lowest BCUT2D eigenvalue weighted by Gasteiger charge is -2.21. The number of aliphatic hydroxyl groups excluding tert-OH is 1. The lowest BCUT2D eigenvalue weighted by Crippen LogP contribution is -2.00. The van der Waals surface area contributed by atoms with Crippen molar-refractivity contribution in [3.63, 3.8) is 0 Å². The van der Waals surface area contributed by atoms with Crippen LogP contribution in [0.15, 0.2) is 46.2 Å². The van der Waals surface area contributed by atoms with Gasteiger partial charge in [-0.05, 0) is 42.3 Å². The second-order valence-corrected chi connectivity index (χ2v) is 5.30. The molecule has 0 atom stereocenters. The van der Waals surface area contributed by atoms with Crippen LogP contribution in [-0.4, -0.2) is 5.11 Å². The molecular weight excluding hydrogens is 230 g/mol. The first-order chi connectivity index (χ1) is 8.26. The van der Waals surface area contributed by atoms with Gasteiger partial charge in [-0.2, -0.15) is 0 Å². The number of fused-ring (bicyclic) bond motifs is 2. The fourth-order valence-corrected chi connectivity index (χ4v) is 3.08. The molecule has 0 saturated carbocycles. The summed E-state index contributed by atoms with van der Waals surface area (Å²) >= 11 is 1.75. The monoisotopic (exact) mass is 243 g/mol. The van der Waals surface area contributed by atoms with Gasteiger partial charge >= 0.3 is 0 Å². The van der Waals surface area contributed by atoms with Gasteiger partial charge in [-0.1, -0.05) is 23.9 Å². The van der Waals surface area contributed by atoms with Gasteiger partial charge in [-0.3, -0.25) is 0 Å². The maximum atomic E-state index is 9.15. The van der Waals surface area contributed by atoms with E-state index in [1.807, 2.05) is 18.2 Å². The Morgan fingerprint density at radius 3 is 2.53 bits per heavy atom. The summed E-state index contributed by atoms with van der Waals surface area (Å²) in [6.07, 6.45) is 0. The summed E-state index contributed by atoms with van der Waals surface area (Å²) < 4.78 is 0. The van der Waals surface area contributed by atoms with Gasteiger partial charge in [0, 0.05) is 9.79 Å². The Kier molecular flexibility index (Phi) is 2.57. The molecule has 2 nitrogen and oxygen atoms in total. The zero-order chi connectivity index (χ0) is 11.8. The number of aliphatic hydroxyl groups is 1. The van der Waals surface area contributed by atoms with Crippen molar-refractivity contribution in [2.24, 2.45) is 0 Å². The molecule has 0 amide bonds. The third kappa shape index (κ3) is 1.92. The highest BCUT2D eigenvalue weighted by atomic mass is 32.2. The number of rotatable bonds is 1. The molecule has 0 spiro atoms. The van der Waals surface area contributed by atoms with Crippen LogP contribution in [-0.2, 0) is 6.61 Å². The first-order valence-corrected chi connectivity index (χ1v) is 6.37. The molecule has 2 N–H and O–H groups in total. The van der Waals surface area contributed by atoms with Gasteiger partial charge in [0.2, 0.25) is 0 Å². The van der Waals surface area contributed by atoms with Crippen molar-refractivity contribution >= 4 is 23.1 Å². The van der Waals surface area contributed by atoms with Crippen LogP contribution in [0.3, 0.4) is 0 Å². The van der Waals surface area contributed by atoms with Crippen molar-refractivity contribution in [3.8, 4) is 0 Å². The molecule has 0 fully saturated rings. The summed E-state index contributed by atoms with van der Waals surface area (Å²) in [7, 11) is 0. The van der Waals surface area contributed by atoms with Crippen LogP contribution in [0, 0.1) is 6.92 Å². The highest BCUT2D eigenvalue weighted by Gasteiger charge is 2.15. The van der Waals surface area contributed by atoms with Crippen LogP contribution in [0.25, 0.3) is 0 Å². The first-order valence-electron chi connectivity index (χ1n) is 5.55. The Morgan fingerprint density at radius 1 is 1.06 bits per heavy atom. The molecule has 17 heavy (non-hydrogen) atoms. The summed E-state index contributed by atoms with van der Waals surface area (Å²) in [5.41, 5.74) is 4.49. The highest BCUT2D eigenvalue weighted by Crippen LogP contribution is 2.44. The maximum absolute atomic E-state index is 9.15. The molecule has 86 valence electrons. The number of hydrogen-bond acceptors (Lipinski definition) is 3. The van der Waals surface area contributed by atoms with Crippen LogP contribution < -0.4 is 5.32 Å². The lowest BCUT2D eigenvalue weighted by molar-refractivity contribution is 0.281. The minimum absolute atomic E-state index is 0.0918. The Labute approximate surface area is 105 Å². The number of nitrogens with one attached hydrogen (secondary N) is 1. The van der Waals surface area contributed by atoms with Gasteiger partial charge in [0.25, 0.3) is 0 Å². The molecule has 1 heterocycles. The summed E-state index contributed by atoms with van der Waals surface area (Å²) in [5.74, 6) is 0. The second-order valence-electron chi connectivity index (χ2n) is 4.22. The van der Waals surface area contributed by atoms with E-state index in [0.29, 0.717) is 0 Å². The smallest absolute Gasteiger partial charge is 0.0682 e. The fraction of sp³-hybridized carbons (Fsp3) is 0.143. The molecule has 0 aromatic heterocycles. The molecule has 2 aromatic rings. The number of benzene rings is 2. The summed E-state index contributed by atoms with van der Waals surface area (Å²) in [4.78, 5) is 2.42. The van der Waals surface area contributed by atoms with E-state index in [4.69, 9.17) is 5.11 Å². The van der Waals surface area contributed by atoms with Crippen molar-refractivity contribution < 1.29 is 5.11 Å². The van der Waals surface area contributed by atoms with Gasteiger partial charge in [0.05, 0.1) is 18.0 Å². The van der Waals surface area contributed by atoms with Crippen LogP contribution in [0.4, 0.5) is 11.4 Å². The summed E-state index contributed by atoms with van der Waals surface area (Å²) in [5, 5.41) is 12.6. The van der Waals surface area contributed by atoms with Gasteiger partial charge in [-0.15, -0.1) is 0 Å². The summed E-state index contributed by atoms with van der Waals surface area (Å²) in [6.45, 7) is 2.19. The number of aryl methyl sites for hydroxylation is 1. The maximum Gasteiger partial charge on any atom is 0.0682 e. The minimum atomic E-state index is 0.0918. The Morgan fingerprint density at radius 2 is 1.76 bits per heavy atom. The van der Waals surface area contributed by atoms with E-state index in [2.05, 4.69) is 30.4 Å². The van der Waals surface area contributed by atoms with E-state index < -0.39 is 0 Å². The molecule has 0 saturated heterocycles. The van der Waals surface area contributed by atoms with Crippen molar-refractivity contribution in [3.05, 3.63) is 47.5 Å². The van der Waals surface area contributed by atoms with Gasteiger partial charge in [0.1, 0.15) is 0 Å². The average molecular weight is 243 g/mol. The van der Waals surface area contributed by atoms with Crippen molar-refractivity contribution in [1.82, 2.24) is 0 Å². The topological polar surface area (TPSA) is 32.3 Å². The largest absolute Gasteiger partial charge is 0.392 e. The molecule has 1 aliphatic heterocycles. The van der Waals surface area contributed by atoms with Crippen LogP contribution in [0.2, 0.25) is 0 Å². The number of anilines is 2. The Bertz CT molecular complexity index is 580. The highest BCUT2D eigenvalue weighted by molar-refractivity contribution is 7.99. The van der Waals surface area contributed by atoms with Gasteiger partial charge < -0.3 is 10.4 Å². The normalized spacial score (nSPS) is 12.6. The lowest BCUT2D eigenvalue weighted by atomic mass is 10.2.